The molecule has 1 amide bonds. The molecule has 0 spiro atoms. The van der Waals surface area contributed by atoms with Crippen LogP contribution in [0.1, 0.15) is 21.6 Å². The molecule has 0 radical (unpaired) electrons. The summed E-state index contributed by atoms with van der Waals surface area (Å²) in [5.74, 6) is 0.0434. The molecule has 22 heavy (non-hydrogen) atoms. The average molecular weight is 311 g/mol. The highest BCUT2D eigenvalue weighted by Crippen LogP contribution is 2.23. The summed E-state index contributed by atoms with van der Waals surface area (Å²) < 4.78 is 0. The SMILES string of the molecule is O=C(c1cc2cc(Cl)ccc2[nH]1)N1CCc2ccccc2C1. The van der Waals surface area contributed by atoms with Gasteiger partial charge in [0, 0.05) is 29.0 Å². The van der Waals surface area contributed by atoms with E-state index in [-0.39, 0.29) is 5.91 Å². The van der Waals surface area contributed by atoms with E-state index in [1.54, 1.807) is 0 Å². The summed E-state index contributed by atoms with van der Waals surface area (Å²) >= 11 is 6.00. The molecule has 0 bridgehead atoms. The highest BCUT2D eigenvalue weighted by atomic mass is 35.5. The van der Waals surface area contributed by atoms with Gasteiger partial charge in [0.05, 0.1) is 0 Å². The molecule has 0 aliphatic carbocycles. The zero-order valence-electron chi connectivity index (χ0n) is 12.0. The van der Waals surface area contributed by atoms with Crippen molar-refractivity contribution in [3.8, 4) is 0 Å². The summed E-state index contributed by atoms with van der Waals surface area (Å²) in [6.45, 7) is 1.43. The topological polar surface area (TPSA) is 36.1 Å². The Morgan fingerprint density at radius 3 is 2.77 bits per heavy atom. The van der Waals surface area contributed by atoms with E-state index in [4.69, 9.17) is 11.6 Å². The lowest BCUT2D eigenvalue weighted by atomic mass is 10.00. The molecule has 0 unspecified atom stereocenters. The zero-order chi connectivity index (χ0) is 15.1. The molecule has 1 aliphatic heterocycles. The van der Waals surface area contributed by atoms with Gasteiger partial charge in [-0.25, -0.2) is 0 Å². The molecule has 1 aliphatic rings. The van der Waals surface area contributed by atoms with Crippen LogP contribution in [-0.2, 0) is 13.0 Å². The lowest BCUT2D eigenvalue weighted by Crippen LogP contribution is -2.36. The Kier molecular flexibility index (Phi) is 3.16. The van der Waals surface area contributed by atoms with E-state index in [0.29, 0.717) is 17.3 Å². The molecule has 110 valence electrons. The van der Waals surface area contributed by atoms with Crippen molar-refractivity contribution in [2.75, 3.05) is 6.54 Å². The van der Waals surface area contributed by atoms with Gasteiger partial charge in [-0.2, -0.15) is 0 Å². The Morgan fingerprint density at radius 1 is 1.09 bits per heavy atom. The molecule has 1 aromatic heterocycles. The molecule has 0 saturated carbocycles. The Balaban J connectivity index is 1.64. The zero-order valence-corrected chi connectivity index (χ0v) is 12.7. The largest absolute Gasteiger partial charge is 0.351 e. The number of hydrogen-bond donors (Lipinski definition) is 1. The Bertz CT molecular complexity index is 868. The Morgan fingerprint density at radius 2 is 1.91 bits per heavy atom. The summed E-state index contributed by atoms with van der Waals surface area (Å²) in [7, 11) is 0. The second-order valence-electron chi connectivity index (χ2n) is 5.66. The maximum atomic E-state index is 12.7. The van der Waals surface area contributed by atoms with Crippen molar-refractivity contribution in [1.82, 2.24) is 9.88 Å². The molecule has 0 atom stereocenters. The summed E-state index contributed by atoms with van der Waals surface area (Å²) in [5.41, 5.74) is 4.14. The van der Waals surface area contributed by atoms with E-state index in [1.807, 2.05) is 35.2 Å². The molecule has 4 rings (SSSR count). The third-order valence-corrected chi connectivity index (χ3v) is 4.47. The van der Waals surface area contributed by atoms with Gasteiger partial charge >= 0.3 is 0 Å². The highest BCUT2D eigenvalue weighted by Gasteiger charge is 2.22. The first kappa shape index (κ1) is 13.4. The van der Waals surface area contributed by atoms with Crippen LogP contribution < -0.4 is 0 Å². The predicted molar refractivity (Wildman–Crippen MR) is 88.2 cm³/mol. The van der Waals surface area contributed by atoms with Gasteiger partial charge in [-0.3, -0.25) is 4.79 Å². The monoisotopic (exact) mass is 310 g/mol. The van der Waals surface area contributed by atoms with E-state index in [0.717, 1.165) is 23.9 Å². The molecule has 0 fully saturated rings. The van der Waals surface area contributed by atoms with Crippen LogP contribution in [0.4, 0.5) is 0 Å². The number of carbonyl (C=O) groups excluding carboxylic acids is 1. The lowest BCUT2D eigenvalue weighted by molar-refractivity contribution is 0.0730. The first-order chi connectivity index (χ1) is 10.7. The minimum Gasteiger partial charge on any atom is -0.351 e. The van der Waals surface area contributed by atoms with Gasteiger partial charge in [0.15, 0.2) is 0 Å². The van der Waals surface area contributed by atoms with Gasteiger partial charge in [-0.05, 0) is 41.8 Å². The summed E-state index contributed by atoms with van der Waals surface area (Å²) in [4.78, 5) is 17.8. The summed E-state index contributed by atoms with van der Waals surface area (Å²) in [5, 5.41) is 1.64. The minimum absolute atomic E-state index is 0.0434. The molecule has 4 heteroatoms. The normalized spacial score (nSPS) is 14.1. The fraction of sp³-hybridized carbons (Fsp3) is 0.167. The highest BCUT2D eigenvalue weighted by molar-refractivity contribution is 6.31. The van der Waals surface area contributed by atoms with Gasteiger partial charge < -0.3 is 9.88 Å². The van der Waals surface area contributed by atoms with Crippen molar-refractivity contribution in [2.24, 2.45) is 0 Å². The fourth-order valence-electron chi connectivity index (χ4n) is 3.06. The number of hydrogen-bond acceptors (Lipinski definition) is 1. The number of nitrogens with one attached hydrogen (secondary N) is 1. The van der Waals surface area contributed by atoms with Crippen LogP contribution in [0.2, 0.25) is 5.02 Å². The molecule has 3 nitrogen and oxygen atoms in total. The van der Waals surface area contributed by atoms with Crippen LogP contribution in [0, 0.1) is 0 Å². The van der Waals surface area contributed by atoms with E-state index in [1.165, 1.54) is 11.1 Å². The van der Waals surface area contributed by atoms with Crippen LogP contribution in [0.3, 0.4) is 0 Å². The number of carbonyl (C=O) groups is 1. The van der Waals surface area contributed by atoms with Crippen LogP contribution >= 0.6 is 11.6 Å². The summed E-state index contributed by atoms with van der Waals surface area (Å²) in [6, 6.07) is 15.8. The van der Waals surface area contributed by atoms with Crippen LogP contribution in [0.15, 0.2) is 48.5 Å². The fourth-order valence-corrected chi connectivity index (χ4v) is 3.24. The first-order valence-corrected chi connectivity index (χ1v) is 7.73. The Hall–Kier alpha value is -2.26. The number of fused-ring (bicyclic) bond motifs is 2. The molecule has 3 aromatic rings. The van der Waals surface area contributed by atoms with Crippen LogP contribution in [0.25, 0.3) is 10.9 Å². The van der Waals surface area contributed by atoms with Crippen molar-refractivity contribution in [3.05, 3.63) is 70.4 Å². The van der Waals surface area contributed by atoms with Crippen molar-refractivity contribution >= 4 is 28.4 Å². The van der Waals surface area contributed by atoms with Crippen LogP contribution in [0.5, 0.6) is 0 Å². The van der Waals surface area contributed by atoms with E-state index < -0.39 is 0 Å². The summed E-state index contributed by atoms with van der Waals surface area (Å²) in [6.07, 6.45) is 0.911. The van der Waals surface area contributed by atoms with Crippen molar-refractivity contribution in [1.29, 1.82) is 0 Å². The second-order valence-corrected chi connectivity index (χ2v) is 6.10. The third kappa shape index (κ3) is 2.28. The maximum absolute atomic E-state index is 12.7. The average Bonchev–Trinajstić information content (AvgIpc) is 2.96. The molecular formula is C18H15ClN2O. The lowest BCUT2D eigenvalue weighted by Gasteiger charge is -2.28. The standard InChI is InChI=1S/C18H15ClN2O/c19-15-5-6-16-14(9-15)10-17(20-16)18(22)21-8-7-12-3-1-2-4-13(12)11-21/h1-6,9-10,20H,7-8,11H2. The van der Waals surface area contributed by atoms with E-state index >= 15 is 0 Å². The predicted octanol–water partition coefficient (Wildman–Crippen LogP) is 4.02. The smallest absolute Gasteiger partial charge is 0.270 e. The van der Waals surface area contributed by atoms with Gasteiger partial charge in [0.2, 0.25) is 0 Å². The number of amides is 1. The number of H-pyrrole nitrogens is 1. The van der Waals surface area contributed by atoms with Crippen molar-refractivity contribution < 1.29 is 4.79 Å². The Labute approximate surface area is 133 Å². The van der Waals surface area contributed by atoms with E-state index in [9.17, 15) is 4.79 Å². The number of rotatable bonds is 1. The molecular weight excluding hydrogens is 296 g/mol. The van der Waals surface area contributed by atoms with Gasteiger partial charge in [0.1, 0.15) is 5.69 Å². The van der Waals surface area contributed by atoms with E-state index in [2.05, 4.69) is 23.2 Å². The van der Waals surface area contributed by atoms with Crippen molar-refractivity contribution in [2.45, 2.75) is 13.0 Å². The quantitative estimate of drug-likeness (QED) is 0.724. The molecule has 1 N–H and O–H groups in total. The molecule has 2 heterocycles. The minimum atomic E-state index is 0.0434. The van der Waals surface area contributed by atoms with Gasteiger partial charge in [-0.15, -0.1) is 0 Å². The third-order valence-electron chi connectivity index (χ3n) is 4.23. The second kappa shape index (κ2) is 5.18. The number of nitrogens with zero attached hydrogens (tertiary/aromatic N) is 1. The number of aromatic nitrogens is 1. The number of aromatic amines is 1. The van der Waals surface area contributed by atoms with Crippen molar-refractivity contribution in [3.63, 3.8) is 0 Å². The first-order valence-electron chi connectivity index (χ1n) is 7.35. The maximum Gasteiger partial charge on any atom is 0.270 e. The molecule has 2 aromatic carbocycles. The molecule has 0 saturated heterocycles. The van der Waals surface area contributed by atoms with Gasteiger partial charge in [-0.1, -0.05) is 35.9 Å². The number of benzene rings is 2. The van der Waals surface area contributed by atoms with Gasteiger partial charge in [0.25, 0.3) is 5.91 Å². The van der Waals surface area contributed by atoms with Crippen LogP contribution in [-0.4, -0.2) is 22.3 Å². The number of halogens is 1.